The molecule has 1 aromatic heterocycles. The third-order valence-corrected chi connectivity index (χ3v) is 7.17. The van der Waals surface area contributed by atoms with E-state index in [4.69, 9.17) is 4.42 Å². The second kappa shape index (κ2) is 5.77. The molecule has 6 rings (SSSR count). The number of rotatable bonds is 3. The zero-order valence-corrected chi connectivity index (χ0v) is 15.4. The van der Waals surface area contributed by atoms with Gasteiger partial charge in [-0.2, -0.15) is 0 Å². The van der Waals surface area contributed by atoms with E-state index in [-0.39, 0.29) is 0 Å². The number of hydrogen-bond donors (Lipinski definition) is 1. The molecule has 1 aliphatic carbocycles. The molecule has 4 heterocycles. The third kappa shape index (κ3) is 2.28. The van der Waals surface area contributed by atoms with Crippen LogP contribution in [0.3, 0.4) is 0 Å². The maximum Gasteiger partial charge on any atom is 0.134 e. The van der Waals surface area contributed by atoms with Crippen LogP contribution < -0.4 is 0 Å². The Morgan fingerprint density at radius 2 is 2.12 bits per heavy atom. The Kier molecular flexibility index (Phi) is 3.63. The summed E-state index contributed by atoms with van der Waals surface area (Å²) in [6.07, 6.45) is 7.55. The van der Waals surface area contributed by atoms with Crippen LogP contribution >= 0.6 is 0 Å². The number of furan rings is 1. The van der Waals surface area contributed by atoms with Crippen LogP contribution in [0.2, 0.25) is 0 Å². The second-order valence-corrected chi connectivity index (χ2v) is 8.57. The van der Waals surface area contributed by atoms with Gasteiger partial charge in [-0.1, -0.05) is 26.7 Å². The second-order valence-electron chi connectivity index (χ2n) is 8.57. The summed E-state index contributed by atoms with van der Waals surface area (Å²) < 4.78 is 6.45. The standard InChI is InChI=1S/C22H29NO2/c1-3-5-15-10-18-17-11-16(24)6-7-20(17)25-22(18)19-9-13-8-14(4-2)21(19)23(15)12-13/h6-7,11,13-15,19,21,24H,3-5,8-10,12H2,1-2H3/t13-,14+,15+,19+,21?/m0/s1. The Labute approximate surface area is 150 Å². The first-order chi connectivity index (χ1) is 12.2. The number of hydrogen-bond acceptors (Lipinski definition) is 3. The molecule has 2 unspecified atom stereocenters. The highest BCUT2D eigenvalue weighted by Gasteiger charge is 2.51. The van der Waals surface area contributed by atoms with Gasteiger partial charge in [0.25, 0.3) is 0 Å². The Bertz CT molecular complexity index is 795. The molecule has 3 nitrogen and oxygen atoms in total. The summed E-state index contributed by atoms with van der Waals surface area (Å²) in [5.74, 6) is 3.78. The van der Waals surface area contributed by atoms with Gasteiger partial charge in [-0.3, -0.25) is 4.90 Å². The molecule has 1 N–H and O–H groups in total. The first-order valence-corrected chi connectivity index (χ1v) is 10.2. The van der Waals surface area contributed by atoms with Gasteiger partial charge in [-0.15, -0.1) is 0 Å². The van der Waals surface area contributed by atoms with Gasteiger partial charge < -0.3 is 9.52 Å². The number of piperidine rings is 2. The quantitative estimate of drug-likeness (QED) is 0.848. The summed E-state index contributed by atoms with van der Waals surface area (Å²) in [6.45, 7) is 5.96. The van der Waals surface area contributed by atoms with E-state index in [0.717, 1.165) is 29.2 Å². The third-order valence-electron chi connectivity index (χ3n) is 7.17. The molecule has 25 heavy (non-hydrogen) atoms. The smallest absolute Gasteiger partial charge is 0.134 e. The first kappa shape index (κ1) is 15.7. The molecule has 0 spiro atoms. The molecular weight excluding hydrogens is 310 g/mol. The fraction of sp³-hybridized carbons (Fsp3) is 0.636. The highest BCUT2D eigenvalue weighted by atomic mass is 16.3. The molecule has 1 saturated carbocycles. The van der Waals surface area contributed by atoms with Crippen LogP contribution in [0.15, 0.2) is 22.6 Å². The fourth-order valence-corrected chi connectivity index (χ4v) is 6.24. The van der Waals surface area contributed by atoms with E-state index in [9.17, 15) is 5.11 Å². The lowest BCUT2D eigenvalue weighted by Gasteiger charge is -2.55. The molecule has 4 aliphatic rings. The molecule has 1 aromatic carbocycles. The number of fused-ring (bicyclic) bond motifs is 4. The molecule has 3 heteroatoms. The summed E-state index contributed by atoms with van der Waals surface area (Å²) in [4.78, 5) is 2.87. The Balaban J connectivity index is 1.69. The number of phenols is 1. The van der Waals surface area contributed by atoms with Crippen molar-refractivity contribution >= 4 is 11.0 Å². The minimum absolute atomic E-state index is 0.351. The van der Waals surface area contributed by atoms with Crippen LogP contribution in [-0.4, -0.2) is 28.6 Å². The lowest BCUT2D eigenvalue weighted by Crippen LogP contribution is -2.59. The van der Waals surface area contributed by atoms with Gasteiger partial charge in [0.05, 0.1) is 0 Å². The lowest BCUT2D eigenvalue weighted by atomic mass is 9.65. The van der Waals surface area contributed by atoms with E-state index in [1.54, 1.807) is 6.07 Å². The van der Waals surface area contributed by atoms with E-state index in [1.165, 1.54) is 50.0 Å². The van der Waals surface area contributed by atoms with Crippen molar-refractivity contribution in [1.82, 2.24) is 4.90 Å². The predicted molar refractivity (Wildman–Crippen MR) is 100 cm³/mol. The highest BCUT2D eigenvalue weighted by Crippen LogP contribution is 2.53. The van der Waals surface area contributed by atoms with E-state index in [1.807, 2.05) is 12.1 Å². The molecule has 0 amide bonds. The molecule has 3 aliphatic heterocycles. The SMILES string of the molecule is CCC[C@@H]1Cc2c(oc3ccc(O)cc23)[C@@H]2C[C@@H]3C[C@@H](CC)C2N1C3. The van der Waals surface area contributed by atoms with Crippen LogP contribution in [0.4, 0.5) is 0 Å². The van der Waals surface area contributed by atoms with Crippen LogP contribution in [0.5, 0.6) is 5.75 Å². The van der Waals surface area contributed by atoms with Gasteiger partial charge in [0.2, 0.25) is 0 Å². The maximum atomic E-state index is 10.0. The molecule has 2 aromatic rings. The zero-order valence-electron chi connectivity index (χ0n) is 15.4. The predicted octanol–water partition coefficient (Wildman–Crippen LogP) is 5.07. The van der Waals surface area contributed by atoms with Crippen molar-refractivity contribution in [2.75, 3.05) is 6.54 Å². The van der Waals surface area contributed by atoms with E-state index >= 15 is 0 Å². The van der Waals surface area contributed by atoms with Crippen molar-refractivity contribution in [3.8, 4) is 5.75 Å². The minimum atomic E-state index is 0.351. The fourth-order valence-electron chi connectivity index (χ4n) is 6.24. The van der Waals surface area contributed by atoms with Crippen molar-refractivity contribution in [3.63, 3.8) is 0 Å². The molecule has 134 valence electrons. The monoisotopic (exact) mass is 339 g/mol. The molecule has 0 radical (unpaired) electrons. The summed E-state index contributed by atoms with van der Waals surface area (Å²) in [5, 5.41) is 11.2. The van der Waals surface area contributed by atoms with Crippen molar-refractivity contribution in [1.29, 1.82) is 0 Å². The van der Waals surface area contributed by atoms with Crippen LogP contribution in [0.1, 0.15) is 63.2 Å². The van der Waals surface area contributed by atoms with Gasteiger partial charge >= 0.3 is 0 Å². The molecule has 4 bridgehead atoms. The molecular formula is C22H29NO2. The van der Waals surface area contributed by atoms with Crippen LogP contribution in [-0.2, 0) is 6.42 Å². The average molecular weight is 339 g/mol. The number of aromatic hydroxyl groups is 1. The van der Waals surface area contributed by atoms with Crippen LogP contribution in [0.25, 0.3) is 11.0 Å². The van der Waals surface area contributed by atoms with Gasteiger partial charge in [0.1, 0.15) is 17.1 Å². The Morgan fingerprint density at radius 1 is 1.24 bits per heavy atom. The lowest BCUT2D eigenvalue weighted by molar-refractivity contribution is -0.0443. The van der Waals surface area contributed by atoms with Gasteiger partial charge in [0.15, 0.2) is 0 Å². The van der Waals surface area contributed by atoms with E-state index < -0.39 is 0 Å². The van der Waals surface area contributed by atoms with Gasteiger partial charge in [-0.25, -0.2) is 0 Å². The largest absolute Gasteiger partial charge is 0.508 e. The normalized spacial score (nSPS) is 36.4. The molecule has 3 fully saturated rings. The number of benzene rings is 1. The Morgan fingerprint density at radius 3 is 2.92 bits per heavy atom. The summed E-state index contributed by atoms with van der Waals surface area (Å²) >= 11 is 0. The van der Waals surface area contributed by atoms with E-state index in [0.29, 0.717) is 23.8 Å². The highest BCUT2D eigenvalue weighted by molar-refractivity contribution is 5.84. The minimum Gasteiger partial charge on any atom is -0.508 e. The maximum absolute atomic E-state index is 10.0. The average Bonchev–Trinajstić information content (AvgIpc) is 2.94. The van der Waals surface area contributed by atoms with Crippen molar-refractivity contribution in [2.24, 2.45) is 11.8 Å². The summed E-state index contributed by atoms with van der Waals surface area (Å²) in [5.41, 5.74) is 2.35. The van der Waals surface area contributed by atoms with Crippen molar-refractivity contribution in [2.45, 2.75) is 70.4 Å². The number of nitrogens with zero attached hydrogens (tertiary/aromatic N) is 1. The molecule has 2 saturated heterocycles. The van der Waals surface area contributed by atoms with Crippen LogP contribution in [0, 0.1) is 11.8 Å². The molecule has 6 atom stereocenters. The van der Waals surface area contributed by atoms with Crippen molar-refractivity contribution in [3.05, 3.63) is 29.5 Å². The summed E-state index contributed by atoms with van der Waals surface area (Å²) in [6, 6.07) is 6.90. The van der Waals surface area contributed by atoms with Gasteiger partial charge in [0, 0.05) is 35.5 Å². The van der Waals surface area contributed by atoms with Crippen molar-refractivity contribution < 1.29 is 9.52 Å². The topological polar surface area (TPSA) is 36.6 Å². The van der Waals surface area contributed by atoms with Gasteiger partial charge in [-0.05, 0) is 55.7 Å². The van der Waals surface area contributed by atoms with E-state index in [2.05, 4.69) is 18.7 Å². The zero-order chi connectivity index (χ0) is 17.1. The summed E-state index contributed by atoms with van der Waals surface area (Å²) in [7, 11) is 0. The first-order valence-electron chi connectivity index (χ1n) is 10.2. The Hall–Kier alpha value is -1.48. The number of phenolic OH excluding ortho intramolecular Hbond substituents is 1.